The highest BCUT2D eigenvalue weighted by molar-refractivity contribution is 6.35. The third-order valence-electron chi connectivity index (χ3n) is 2.24. The fourth-order valence-corrected chi connectivity index (χ4v) is 1.62. The van der Waals surface area contributed by atoms with Crippen molar-refractivity contribution < 1.29 is 9.53 Å². The Labute approximate surface area is 108 Å². The number of hydrogen-bond donors (Lipinski definition) is 1. The highest BCUT2D eigenvalue weighted by Gasteiger charge is 2.21. The van der Waals surface area contributed by atoms with Crippen LogP contribution in [-0.2, 0) is 4.74 Å². The van der Waals surface area contributed by atoms with Crippen LogP contribution in [0, 0.1) is 0 Å². The van der Waals surface area contributed by atoms with Gasteiger partial charge in [0.1, 0.15) is 10.8 Å². The maximum atomic E-state index is 11.6. The number of pyridine rings is 1. The summed E-state index contributed by atoms with van der Waals surface area (Å²) in [4.78, 5) is 15.5. The van der Waals surface area contributed by atoms with Gasteiger partial charge < -0.3 is 10.5 Å². The van der Waals surface area contributed by atoms with Gasteiger partial charge in [0.25, 0.3) is 0 Å². The molecule has 0 aliphatic carbocycles. The number of anilines is 1. The Bertz CT molecular complexity index is 568. The quantitative estimate of drug-likeness (QED) is 0.855. The van der Waals surface area contributed by atoms with Crippen molar-refractivity contribution in [2.75, 3.05) is 12.3 Å². The van der Waals surface area contributed by atoms with Crippen molar-refractivity contribution in [1.29, 1.82) is 0 Å². The van der Waals surface area contributed by atoms with E-state index in [0.717, 1.165) is 0 Å². The number of hydrogen-bond acceptors (Lipinski definition) is 5. The predicted octanol–water partition coefficient (Wildman–Crippen LogP) is 1.68. The first-order valence-electron chi connectivity index (χ1n) is 5.26. The van der Waals surface area contributed by atoms with Gasteiger partial charge in [-0.15, -0.1) is 0 Å². The van der Waals surface area contributed by atoms with Crippen LogP contribution in [0.1, 0.15) is 17.4 Å². The summed E-state index contributed by atoms with van der Waals surface area (Å²) in [6, 6.07) is 3.41. The van der Waals surface area contributed by atoms with Crippen molar-refractivity contribution in [1.82, 2.24) is 14.8 Å². The zero-order valence-electron chi connectivity index (χ0n) is 9.63. The van der Waals surface area contributed by atoms with Crippen LogP contribution >= 0.6 is 11.6 Å². The molecule has 0 radical (unpaired) electrons. The summed E-state index contributed by atoms with van der Waals surface area (Å²) in [6.45, 7) is 1.95. The van der Waals surface area contributed by atoms with Gasteiger partial charge in [-0.25, -0.2) is 9.48 Å². The largest absolute Gasteiger partial charge is 0.461 e. The second-order valence-corrected chi connectivity index (χ2v) is 3.76. The van der Waals surface area contributed by atoms with E-state index in [4.69, 9.17) is 22.1 Å². The smallest absolute Gasteiger partial charge is 0.360 e. The Morgan fingerprint density at radius 1 is 1.50 bits per heavy atom. The van der Waals surface area contributed by atoms with Crippen LogP contribution in [0.25, 0.3) is 5.69 Å². The van der Waals surface area contributed by atoms with E-state index in [9.17, 15) is 4.79 Å². The summed E-state index contributed by atoms with van der Waals surface area (Å²) < 4.78 is 6.22. The van der Waals surface area contributed by atoms with E-state index in [2.05, 4.69) is 10.1 Å². The van der Waals surface area contributed by atoms with Gasteiger partial charge in [-0.05, 0) is 19.1 Å². The number of nitrogens with zero attached hydrogens (tertiary/aromatic N) is 3. The van der Waals surface area contributed by atoms with E-state index in [1.54, 1.807) is 31.5 Å². The Morgan fingerprint density at radius 3 is 2.78 bits per heavy atom. The second-order valence-electron chi connectivity index (χ2n) is 3.39. The fraction of sp³-hybridized carbons (Fsp3) is 0.182. The normalized spacial score (nSPS) is 10.3. The van der Waals surface area contributed by atoms with Crippen LogP contribution < -0.4 is 5.73 Å². The number of halogens is 1. The fourth-order valence-electron chi connectivity index (χ4n) is 1.42. The van der Waals surface area contributed by atoms with Gasteiger partial charge in [-0.3, -0.25) is 4.98 Å². The maximum absolute atomic E-state index is 11.6. The molecule has 0 aliphatic heterocycles. The van der Waals surface area contributed by atoms with Crippen molar-refractivity contribution in [3.8, 4) is 5.69 Å². The van der Waals surface area contributed by atoms with Crippen LogP contribution in [0.3, 0.4) is 0 Å². The van der Waals surface area contributed by atoms with Crippen molar-refractivity contribution in [3.05, 3.63) is 35.2 Å². The molecule has 2 heterocycles. The molecular formula is C11H11ClN4O2. The first-order valence-corrected chi connectivity index (χ1v) is 5.64. The molecule has 0 fully saturated rings. The lowest BCUT2D eigenvalue weighted by Crippen LogP contribution is -2.07. The number of ether oxygens (including phenoxy) is 1. The van der Waals surface area contributed by atoms with Gasteiger partial charge in [0.2, 0.25) is 0 Å². The van der Waals surface area contributed by atoms with Gasteiger partial charge in [-0.2, -0.15) is 5.10 Å². The Hall–Kier alpha value is -2.08. The monoisotopic (exact) mass is 266 g/mol. The molecule has 94 valence electrons. The zero-order valence-corrected chi connectivity index (χ0v) is 10.4. The van der Waals surface area contributed by atoms with Crippen LogP contribution in [-0.4, -0.2) is 27.3 Å². The second kappa shape index (κ2) is 5.05. The molecule has 2 aromatic heterocycles. The van der Waals surface area contributed by atoms with E-state index >= 15 is 0 Å². The lowest BCUT2D eigenvalue weighted by Gasteiger charge is -2.02. The number of esters is 1. The Morgan fingerprint density at radius 2 is 2.17 bits per heavy atom. The molecule has 2 N–H and O–H groups in total. The number of nitrogen functional groups attached to an aromatic ring is 1. The molecule has 0 aromatic carbocycles. The molecule has 6 nitrogen and oxygen atoms in total. The Balaban J connectivity index is 2.46. The van der Waals surface area contributed by atoms with Crippen molar-refractivity contribution >= 4 is 23.4 Å². The SMILES string of the molecule is CCOC(=O)c1nn(-c2ccncc2)c(N)c1Cl. The molecule has 0 saturated heterocycles. The van der Waals surface area contributed by atoms with E-state index in [1.165, 1.54) is 4.68 Å². The lowest BCUT2D eigenvalue weighted by atomic mass is 10.4. The summed E-state index contributed by atoms with van der Waals surface area (Å²) in [5.41, 5.74) is 6.48. The highest BCUT2D eigenvalue weighted by Crippen LogP contribution is 2.26. The molecule has 0 spiro atoms. The number of carbonyl (C=O) groups excluding carboxylic acids is 1. The minimum atomic E-state index is -0.595. The molecule has 0 amide bonds. The minimum absolute atomic E-state index is 0.00725. The molecule has 0 saturated carbocycles. The molecule has 0 atom stereocenters. The summed E-state index contributed by atoms with van der Waals surface area (Å²) in [6.07, 6.45) is 3.18. The standard InChI is InChI=1S/C11H11ClN4O2/c1-2-18-11(17)9-8(12)10(13)16(15-9)7-3-5-14-6-4-7/h3-6H,2,13H2,1H3. The third kappa shape index (κ3) is 2.14. The lowest BCUT2D eigenvalue weighted by molar-refractivity contribution is 0.0519. The van der Waals surface area contributed by atoms with Gasteiger partial charge in [0, 0.05) is 12.4 Å². The van der Waals surface area contributed by atoms with Crippen molar-refractivity contribution in [3.63, 3.8) is 0 Å². The van der Waals surface area contributed by atoms with Gasteiger partial charge in [0.05, 0.1) is 12.3 Å². The average Bonchev–Trinajstić information content (AvgIpc) is 2.68. The summed E-state index contributed by atoms with van der Waals surface area (Å²) in [5.74, 6) is -0.409. The van der Waals surface area contributed by atoms with E-state index in [1.807, 2.05) is 0 Å². The minimum Gasteiger partial charge on any atom is -0.461 e. The predicted molar refractivity (Wildman–Crippen MR) is 66.7 cm³/mol. The molecule has 7 heteroatoms. The topological polar surface area (TPSA) is 83.0 Å². The average molecular weight is 267 g/mol. The first kappa shape index (κ1) is 12.4. The van der Waals surface area contributed by atoms with E-state index in [0.29, 0.717) is 5.69 Å². The first-order chi connectivity index (χ1) is 8.65. The number of carbonyl (C=O) groups is 1. The van der Waals surface area contributed by atoms with Crippen LogP contribution in [0.15, 0.2) is 24.5 Å². The number of aromatic nitrogens is 3. The summed E-state index contributed by atoms with van der Waals surface area (Å²) in [5, 5.41) is 4.14. The van der Waals surface area contributed by atoms with Crippen molar-refractivity contribution in [2.45, 2.75) is 6.92 Å². The number of nitrogens with two attached hydrogens (primary N) is 1. The molecule has 2 rings (SSSR count). The molecule has 18 heavy (non-hydrogen) atoms. The maximum Gasteiger partial charge on any atom is 0.360 e. The highest BCUT2D eigenvalue weighted by atomic mass is 35.5. The zero-order chi connectivity index (χ0) is 13.1. The van der Waals surface area contributed by atoms with Crippen LogP contribution in [0.5, 0.6) is 0 Å². The summed E-state index contributed by atoms with van der Waals surface area (Å²) >= 11 is 5.97. The van der Waals surface area contributed by atoms with E-state index in [-0.39, 0.29) is 23.1 Å². The van der Waals surface area contributed by atoms with Gasteiger partial charge in [-0.1, -0.05) is 11.6 Å². The number of rotatable bonds is 3. The molecule has 0 unspecified atom stereocenters. The van der Waals surface area contributed by atoms with Gasteiger partial charge in [0.15, 0.2) is 5.69 Å². The third-order valence-corrected chi connectivity index (χ3v) is 2.61. The molecular weight excluding hydrogens is 256 g/mol. The van der Waals surface area contributed by atoms with Crippen molar-refractivity contribution in [2.24, 2.45) is 0 Å². The summed E-state index contributed by atoms with van der Waals surface area (Å²) in [7, 11) is 0. The van der Waals surface area contributed by atoms with Gasteiger partial charge >= 0.3 is 5.97 Å². The van der Waals surface area contributed by atoms with E-state index < -0.39 is 5.97 Å². The van der Waals surface area contributed by atoms with Crippen LogP contribution in [0.4, 0.5) is 5.82 Å². The van der Waals surface area contributed by atoms with Crippen LogP contribution in [0.2, 0.25) is 5.02 Å². The molecule has 2 aromatic rings. The Kier molecular flexibility index (Phi) is 3.47. The molecule has 0 bridgehead atoms. The molecule has 0 aliphatic rings.